The second kappa shape index (κ2) is 8.87. The Morgan fingerprint density at radius 1 is 1.14 bits per heavy atom. The van der Waals surface area contributed by atoms with Gasteiger partial charge in [-0.1, -0.05) is 6.07 Å². The molecule has 7 nitrogen and oxygen atoms in total. The second-order valence-corrected chi connectivity index (χ2v) is 7.27. The summed E-state index contributed by atoms with van der Waals surface area (Å²) in [7, 11) is 0. The van der Waals surface area contributed by atoms with E-state index >= 15 is 0 Å². The Kier molecular flexibility index (Phi) is 5.86. The van der Waals surface area contributed by atoms with Crippen molar-refractivity contribution in [2.45, 2.75) is 32.2 Å². The SMILES string of the molecule is Cc1ccc(CNC(=O)c2cccc(Nc3ccc(C4CCNCC4)nn3)c2)o1. The van der Waals surface area contributed by atoms with Crippen LogP contribution in [0.3, 0.4) is 0 Å². The van der Waals surface area contributed by atoms with Crippen LogP contribution in [-0.2, 0) is 6.54 Å². The van der Waals surface area contributed by atoms with Crippen LogP contribution in [0.5, 0.6) is 0 Å². The fourth-order valence-electron chi connectivity index (χ4n) is 3.48. The molecule has 0 saturated carbocycles. The number of aromatic nitrogens is 2. The fourth-order valence-corrected chi connectivity index (χ4v) is 3.48. The molecule has 3 aromatic rings. The van der Waals surface area contributed by atoms with Crippen molar-refractivity contribution in [2.75, 3.05) is 18.4 Å². The van der Waals surface area contributed by atoms with Gasteiger partial charge in [0.15, 0.2) is 5.82 Å². The molecule has 1 aliphatic heterocycles. The summed E-state index contributed by atoms with van der Waals surface area (Å²) in [6, 6.07) is 15.0. The molecule has 29 heavy (non-hydrogen) atoms. The van der Waals surface area contributed by atoms with E-state index in [-0.39, 0.29) is 5.91 Å². The highest BCUT2D eigenvalue weighted by atomic mass is 16.3. The summed E-state index contributed by atoms with van der Waals surface area (Å²) >= 11 is 0. The van der Waals surface area contributed by atoms with Gasteiger partial charge in [-0.2, -0.15) is 5.10 Å². The number of hydrogen-bond donors (Lipinski definition) is 3. The Morgan fingerprint density at radius 2 is 2.00 bits per heavy atom. The minimum absolute atomic E-state index is 0.157. The average molecular weight is 391 g/mol. The third kappa shape index (κ3) is 5.00. The van der Waals surface area contributed by atoms with Gasteiger partial charge in [0.2, 0.25) is 0 Å². The molecular weight excluding hydrogens is 366 g/mol. The lowest BCUT2D eigenvalue weighted by atomic mass is 9.94. The first-order valence-electron chi connectivity index (χ1n) is 9.92. The first-order valence-corrected chi connectivity index (χ1v) is 9.92. The van der Waals surface area contributed by atoms with Crippen molar-refractivity contribution in [3.63, 3.8) is 0 Å². The van der Waals surface area contributed by atoms with Crippen molar-refractivity contribution < 1.29 is 9.21 Å². The summed E-state index contributed by atoms with van der Waals surface area (Å²) in [6.07, 6.45) is 2.19. The van der Waals surface area contributed by atoms with Crippen LogP contribution in [0, 0.1) is 6.92 Å². The Bertz CT molecular complexity index is 961. The third-order valence-corrected chi connectivity index (χ3v) is 5.06. The van der Waals surface area contributed by atoms with Crippen LogP contribution in [0.2, 0.25) is 0 Å². The number of piperidine rings is 1. The minimum Gasteiger partial charge on any atom is -0.465 e. The van der Waals surface area contributed by atoms with E-state index < -0.39 is 0 Å². The Balaban J connectivity index is 1.37. The summed E-state index contributed by atoms with van der Waals surface area (Å²) in [5.74, 6) is 2.53. The standard InChI is InChI=1S/C22H25N5O2/c1-15-5-6-19(29-15)14-24-22(28)17-3-2-4-18(13-17)25-21-8-7-20(26-27-21)16-9-11-23-12-10-16/h2-8,13,16,23H,9-12,14H2,1H3,(H,24,28)(H,25,27). The molecule has 2 aromatic heterocycles. The molecule has 0 aliphatic carbocycles. The van der Waals surface area contributed by atoms with Crippen molar-refractivity contribution in [3.8, 4) is 0 Å². The van der Waals surface area contributed by atoms with Crippen molar-refractivity contribution in [1.82, 2.24) is 20.8 Å². The molecule has 3 N–H and O–H groups in total. The molecule has 1 aromatic carbocycles. The number of carbonyl (C=O) groups is 1. The van der Waals surface area contributed by atoms with E-state index in [2.05, 4.69) is 26.1 Å². The van der Waals surface area contributed by atoms with Gasteiger partial charge in [0.1, 0.15) is 11.5 Å². The van der Waals surface area contributed by atoms with Crippen LogP contribution < -0.4 is 16.0 Å². The summed E-state index contributed by atoms with van der Waals surface area (Å²) < 4.78 is 5.48. The molecule has 150 valence electrons. The van der Waals surface area contributed by atoms with Crippen LogP contribution in [0.25, 0.3) is 0 Å². The first kappa shape index (κ1) is 19.1. The lowest BCUT2D eigenvalue weighted by Crippen LogP contribution is -2.27. The van der Waals surface area contributed by atoms with E-state index in [0.717, 1.165) is 48.8 Å². The van der Waals surface area contributed by atoms with Crippen molar-refractivity contribution in [1.29, 1.82) is 0 Å². The molecule has 0 radical (unpaired) electrons. The molecule has 7 heteroatoms. The molecule has 1 aliphatic rings. The normalized spacial score (nSPS) is 14.5. The number of carbonyl (C=O) groups excluding carboxylic acids is 1. The molecule has 1 amide bonds. The van der Waals surface area contributed by atoms with E-state index in [1.165, 1.54) is 0 Å². The number of anilines is 2. The van der Waals surface area contributed by atoms with Gasteiger partial charge >= 0.3 is 0 Å². The average Bonchev–Trinajstić information content (AvgIpc) is 3.18. The summed E-state index contributed by atoms with van der Waals surface area (Å²) in [4.78, 5) is 12.4. The van der Waals surface area contributed by atoms with Crippen LogP contribution in [0.1, 0.15) is 46.3 Å². The Labute approximate surface area is 169 Å². The maximum Gasteiger partial charge on any atom is 0.251 e. The van der Waals surface area contributed by atoms with Gasteiger partial charge in [-0.25, -0.2) is 0 Å². The van der Waals surface area contributed by atoms with E-state index in [0.29, 0.717) is 23.8 Å². The predicted octanol–water partition coefficient (Wildman–Crippen LogP) is 3.52. The smallest absolute Gasteiger partial charge is 0.251 e. The number of nitrogens with one attached hydrogen (secondary N) is 3. The van der Waals surface area contributed by atoms with Gasteiger partial charge in [0.05, 0.1) is 12.2 Å². The van der Waals surface area contributed by atoms with E-state index in [9.17, 15) is 4.79 Å². The molecular formula is C22H25N5O2. The summed E-state index contributed by atoms with van der Waals surface area (Å²) in [5, 5.41) is 18.2. The third-order valence-electron chi connectivity index (χ3n) is 5.06. The van der Waals surface area contributed by atoms with Crippen molar-refractivity contribution in [3.05, 3.63) is 71.3 Å². The molecule has 0 atom stereocenters. The van der Waals surface area contributed by atoms with Crippen molar-refractivity contribution in [2.24, 2.45) is 0 Å². The zero-order valence-corrected chi connectivity index (χ0v) is 16.4. The highest BCUT2D eigenvalue weighted by Crippen LogP contribution is 2.24. The van der Waals surface area contributed by atoms with Gasteiger partial charge in [0, 0.05) is 17.2 Å². The molecule has 1 fully saturated rings. The number of rotatable bonds is 6. The van der Waals surface area contributed by atoms with E-state index in [1.807, 2.05) is 43.3 Å². The van der Waals surface area contributed by atoms with Crippen LogP contribution in [0.4, 0.5) is 11.5 Å². The zero-order chi connectivity index (χ0) is 20.1. The lowest BCUT2D eigenvalue weighted by molar-refractivity contribution is 0.0948. The predicted molar refractivity (Wildman–Crippen MR) is 111 cm³/mol. The number of amides is 1. The highest BCUT2D eigenvalue weighted by Gasteiger charge is 2.16. The van der Waals surface area contributed by atoms with Gasteiger partial charge in [-0.05, 0) is 75.3 Å². The molecule has 3 heterocycles. The molecule has 1 saturated heterocycles. The lowest BCUT2D eigenvalue weighted by Gasteiger charge is -2.21. The second-order valence-electron chi connectivity index (χ2n) is 7.27. The Hall–Kier alpha value is -3.19. The number of furan rings is 1. The van der Waals surface area contributed by atoms with Crippen LogP contribution in [0.15, 0.2) is 52.9 Å². The van der Waals surface area contributed by atoms with Crippen molar-refractivity contribution >= 4 is 17.4 Å². The number of nitrogens with zero attached hydrogens (tertiary/aromatic N) is 2. The molecule has 4 rings (SSSR count). The van der Waals surface area contributed by atoms with Gasteiger partial charge < -0.3 is 20.4 Å². The van der Waals surface area contributed by atoms with Gasteiger partial charge in [-0.15, -0.1) is 5.10 Å². The monoisotopic (exact) mass is 391 g/mol. The van der Waals surface area contributed by atoms with Gasteiger partial charge in [-0.3, -0.25) is 4.79 Å². The van der Waals surface area contributed by atoms with E-state index in [1.54, 1.807) is 12.1 Å². The Morgan fingerprint density at radius 3 is 2.72 bits per heavy atom. The number of aryl methyl sites for hydroxylation is 1. The number of benzene rings is 1. The first-order chi connectivity index (χ1) is 14.2. The van der Waals surface area contributed by atoms with Crippen LogP contribution >= 0.6 is 0 Å². The fraction of sp³-hybridized carbons (Fsp3) is 0.318. The number of hydrogen-bond acceptors (Lipinski definition) is 6. The largest absolute Gasteiger partial charge is 0.465 e. The minimum atomic E-state index is -0.157. The van der Waals surface area contributed by atoms with Crippen LogP contribution in [-0.4, -0.2) is 29.2 Å². The summed E-state index contributed by atoms with van der Waals surface area (Å²) in [5.41, 5.74) is 2.39. The maximum absolute atomic E-state index is 12.4. The molecule has 0 bridgehead atoms. The maximum atomic E-state index is 12.4. The topological polar surface area (TPSA) is 92.1 Å². The highest BCUT2D eigenvalue weighted by molar-refractivity contribution is 5.95. The quantitative estimate of drug-likeness (QED) is 0.595. The summed E-state index contributed by atoms with van der Waals surface area (Å²) in [6.45, 7) is 4.29. The molecule has 0 unspecified atom stereocenters. The zero-order valence-electron chi connectivity index (χ0n) is 16.4. The van der Waals surface area contributed by atoms with Gasteiger partial charge in [0.25, 0.3) is 5.91 Å². The van der Waals surface area contributed by atoms with E-state index in [4.69, 9.17) is 4.42 Å². The molecule has 0 spiro atoms.